The first-order chi connectivity index (χ1) is 13.4. The van der Waals surface area contributed by atoms with Crippen molar-refractivity contribution in [3.8, 4) is 23.0 Å². The fourth-order valence-electron chi connectivity index (χ4n) is 2.24. The lowest BCUT2D eigenvalue weighted by Crippen LogP contribution is -1.94. The Hall–Kier alpha value is -3.67. The van der Waals surface area contributed by atoms with Crippen LogP contribution < -0.4 is 9.47 Å². The third-order valence-electron chi connectivity index (χ3n) is 3.55. The summed E-state index contributed by atoms with van der Waals surface area (Å²) in [5.74, 6) is 1.20. The van der Waals surface area contributed by atoms with E-state index in [1.165, 1.54) is 26.4 Å². The van der Waals surface area contributed by atoms with Crippen molar-refractivity contribution in [2.45, 2.75) is 10.1 Å². The van der Waals surface area contributed by atoms with Crippen LogP contribution in [0.2, 0.25) is 0 Å². The van der Waals surface area contributed by atoms with Crippen LogP contribution >= 0.6 is 11.8 Å². The van der Waals surface area contributed by atoms with Crippen LogP contribution in [-0.4, -0.2) is 34.3 Å². The molecule has 0 atom stereocenters. The minimum atomic E-state index is -0.709. The number of hydrogen-bond acceptors (Lipinski definition) is 10. The molecule has 144 valence electrons. The molecule has 0 fully saturated rings. The molecule has 1 aromatic heterocycles. The number of hydrogen-bond donors (Lipinski definition) is 0. The van der Waals surface area contributed by atoms with Gasteiger partial charge in [0.15, 0.2) is 0 Å². The standard InChI is InChI=1S/C16H12N4O7S/c1-25-11-5-9(6-12(8-11)26-2)15-17-18-16(27-15)28-14-4-3-10(19(21)22)7-13(14)20(23)24/h3-8H,1-2H3. The second kappa shape index (κ2) is 7.92. The van der Waals surface area contributed by atoms with Gasteiger partial charge < -0.3 is 13.9 Å². The first-order valence-corrected chi connectivity index (χ1v) is 8.40. The summed E-state index contributed by atoms with van der Waals surface area (Å²) in [6.45, 7) is 0. The van der Waals surface area contributed by atoms with Gasteiger partial charge in [-0.25, -0.2) is 0 Å². The Morgan fingerprint density at radius 2 is 1.64 bits per heavy atom. The first-order valence-electron chi connectivity index (χ1n) is 7.59. The van der Waals surface area contributed by atoms with Crippen molar-refractivity contribution in [3.05, 3.63) is 56.6 Å². The molecule has 2 aromatic carbocycles. The minimum absolute atomic E-state index is 0.0359. The van der Waals surface area contributed by atoms with Crippen molar-refractivity contribution >= 4 is 23.1 Å². The third kappa shape index (κ3) is 4.01. The van der Waals surface area contributed by atoms with Crippen LogP contribution in [0.3, 0.4) is 0 Å². The van der Waals surface area contributed by atoms with Gasteiger partial charge in [-0.2, -0.15) is 0 Å². The van der Waals surface area contributed by atoms with Gasteiger partial charge in [0.25, 0.3) is 16.6 Å². The number of nitro benzene ring substituents is 2. The molecule has 0 aliphatic rings. The molecule has 0 saturated heterocycles. The first kappa shape index (κ1) is 19.1. The predicted octanol–water partition coefficient (Wildman–Crippen LogP) is 3.72. The topological polar surface area (TPSA) is 144 Å². The van der Waals surface area contributed by atoms with Gasteiger partial charge in [-0.3, -0.25) is 20.2 Å². The van der Waals surface area contributed by atoms with Crippen LogP contribution in [-0.2, 0) is 0 Å². The second-order valence-corrected chi connectivity index (χ2v) is 6.24. The summed E-state index contributed by atoms with van der Waals surface area (Å²) in [6.07, 6.45) is 0. The molecule has 12 heteroatoms. The van der Waals surface area contributed by atoms with Gasteiger partial charge >= 0.3 is 0 Å². The molecule has 1 heterocycles. The molecule has 28 heavy (non-hydrogen) atoms. The van der Waals surface area contributed by atoms with Gasteiger partial charge in [0.1, 0.15) is 11.5 Å². The van der Waals surface area contributed by atoms with Crippen LogP contribution in [0.25, 0.3) is 11.5 Å². The molecule has 0 amide bonds. The molecule has 0 bridgehead atoms. The summed E-state index contributed by atoms with van der Waals surface area (Å²) >= 11 is 0.831. The van der Waals surface area contributed by atoms with Crippen LogP contribution in [0.4, 0.5) is 11.4 Å². The molecule has 0 N–H and O–H groups in total. The number of nitro groups is 2. The molecule has 0 unspecified atom stereocenters. The summed E-state index contributed by atoms with van der Waals surface area (Å²) in [6, 6.07) is 8.32. The van der Waals surface area contributed by atoms with Crippen molar-refractivity contribution in [1.29, 1.82) is 0 Å². The van der Waals surface area contributed by atoms with Crippen molar-refractivity contribution in [2.75, 3.05) is 14.2 Å². The maximum atomic E-state index is 11.2. The Labute approximate surface area is 161 Å². The predicted molar refractivity (Wildman–Crippen MR) is 96.7 cm³/mol. The van der Waals surface area contributed by atoms with E-state index >= 15 is 0 Å². The van der Waals surface area contributed by atoms with E-state index in [1.807, 2.05) is 0 Å². The summed E-state index contributed by atoms with van der Waals surface area (Å²) in [5, 5.41) is 29.9. The van der Waals surface area contributed by atoms with Gasteiger partial charge in [-0.15, -0.1) is 10.2 Å². The van der Waals surface area contributed by atoms with E-state index in [2.05, 4.69) is 10.2 Å². The lowest BCUT2D eigenvalue weighted by Gasteiger charge is -2.05. The van der Waals surface area contributed by atoms with E-state index in [0.29, 0.717) is 17.1 Å². The maximum Gasteiger partial charge on any atom is 0.290 e. The quantitative estimate of drug-likeness (QED) is 0.422. The van der Waals surface area contributed by atoms with Gasteiger partial charge in [0, 0.05) is 17.7 Å². The summed E-state index contributed by atoms with van der Waals surface area (Å²) in [7, 11) is 3.00. The lowest BCUT2D eigenvalue weighted by molar-refractivity contribution is -0.396. The number of aromatic nitrogens is 2. The van der Waals surface area contributed by atoms with Crippen LogP contribution in [0.5, 0.6) is 11.5 Å². The van der Waals surface area contributed by atoms with Crippen molar-refractivity contribution in [2.24, 2.45) is 0 Å². The zero-order chi connectivity index (χ0) is 20.3. The highest BCUT2D eigenvalue weighted by atomic mass is 32.2. The fourth-order valence-corrected chi connectivity index (χ4v) is 3.01. The molecule has 0 spiro atoms. The largest absolute Gasteiger partial charge is 0.497 e. The third-order valence-corrected chi connectivity index (χ3v) is 4.46. The molecule has 3 aromatic rings. The second-order valence-electron chi connectivity index (χ2n) is 5.24. The average molecular weight is 404 g/mol. The maximum absolute atomic E-state index is 11.2. The van der Waals surface area contributed by atoms with E-state index in [4.69, 9.17) is 13.9 Å². The normalized spacial score (nSPS) is 10.5. The molecule has 0 saturated carbocycles. The molecular weight excluding hydrogens is 392 g/mol. The van der Waals surface area contributed by atoms with Crippen LogP contribution in [0.15, 0.2) is 50.9 Å². The Balaban J connectivity index is 1.92. The molecule has 0 aliphatic heterocycles. The van der Waals surface area contributed by atoms with Crippen molar-refractivity contribution in [3.63, 3.8) is 0 Å². The lowest BCUT2D eigenvalue weighted by atomic mass is 10.2. The Morgan fingerprint density at radius 3 is 2.21 bits per heavy atom. The van der Waals surface area contributed by atoms with Gasteiger partial charge in [-0.05, 0) is 30.0 Å². The van der Waals surface area contributed by atoms with E-state index in [-0.39, 0.29) is 21.7 Å². The number of rotatable bonds is 7. The number of non-ortho nitro benzene ring substituents is 1. The smallest absolute Gasteiger partial charge is 0.290 e. The molecule has 0 radical (unpaired) electrons. The van der Waals surface area contributed by atoms with Gasteiger partial charge in [0.05, 0.1) is 35.0 Å². The number of nitrogens with zero attached hydrogens (tertiary/aromatic N) is 4. The zero-order valence-electron chi connectivity index (χ0n) is 14.5. The van der Waals surface area contributed by atoms with Crippen LogP contribution in [0.1, 0.15) is 0 Å². The zero-order valence-corrected chi connectivity index (χ0v) is 15.3. The molecular formula is C16H12N4O7S. The Kier molecular flexibility index (Phi) is 5.40. The number of methoxy groups -OCH3 is 2. The van der Waals surface area contributed by atoms with E-state index in [9.17, 15) is 20.2 Å². The fraction of sp³-hybridized carbons (Fsp3) is 0.125. The summed E-state index contributed by atoms with van der Waals surface area (Å²) in [4.78, 5) is 20.8. The van der Waals surface area contributed by atoms with E-state index in [0.717, 1.165) is 17.8 Å². The van der Waals surface area contributed by atoms with E-state index in [1.54, 1.807) is 18.2 Å². The van der Waals surface area contributed by atoms with Crippen molar-refractivity contribution in [1.82, 2.24) is 10.2 Å². The van der Waals surface area contributed by atoms with Gasteiger partial charge in [0.2, 0.25) is 5.89 Å². The highest BCUT2D eigenvalue weighted by Crippen LogP contribution is 2.37. The highest BCUT2D eigenvalue weighted by Gasteiger charge is 2.22. The van der Waals surface area contributed by atoms with E-state index < -0.39 is 15.5 Å². The Morgan fingerprint density at radius 1 is 0.964 bits per heavy atom. The Bertz CT molecular complexity index is 1030. The number of ether oxygens (including phenoxy) is 2. The molecule has 3 rings (SSSR count). The summed E-state index contributed by atoms with van der Waals surface area (Å²) in [5.41, 5.74) is -0.276. The monoisotopic (exact) mass is 404 g/mol. The number of benzene rings is 2. The summed E-state index contributed by atoms with van der Waals surface area (Å²) < 4.78 is 15.9. The van der Waals surface area contributed by atoms with Crippen LogP contribution in [0, 0.1) is 20.2 Å². The minimum Gasteiger partial charge on any atom is -0.497 e. The van der Waals surface area contributed by atoms with Gasteiger partial charge in [-0.1, -0.05) is 0 Å². The average Bonchev–Trinajstić information content (AvgIpc) is 3.16. The molecule has 0 aliphatic carbocycles. The molecule has 11 nitrogen and oxygen atoms in total. The SMILES string of the molecule is COc1cc(OC)cc(-c2nnc(Sc3ccc([N+](=O)[O-])cc3[N+](=O)[O-])o2)c1. The highest BCUT2D eigenvalue weighted by molar-refractivity contribution is 7.99. The van der Waals surface area contributed by atoms with Crippen molar-refractivity contribution < 1.29 is 23.7 Å².